The second kappa shape index (κ2) is 4.08. The SMILES string of the molecule is FC(F)(F)C(F)(F)C(F)(F)Oc1ccccc1. The lowest BCUT2D eigenvalue weighted by Crippen LogP contribution is -2.55. The van der Waals surface area contributed by atoms with Gasteiger partial charge in [-0.2, -0.15) is 30.7 Å². The quantitative estimate of drug-likeness (QED) is 0.751. The smallest absolute Gasteiger partial charge is 0.428 e. The van der Waals surface area contributed by atoms with Crippen LogP contribution < -0.4 is 4.74 Å². The predicted molar refractivity (Wildman–Crippen MR) is 43.0 cm³/mol. The first-order chi connectivity index (χ1) is 7.58. The van der Waals surface area contributed by atoms with E-state index in [9.17, 15) is 30.7 Å². The third-order valence-corrected chi connectivity index (χ3v) is 1.71. The highest BCUT2D eigenvalue weighted by atomic mass is 19.4. The van der Waals surface area contributed by atoms with E-state index in [0.29, 0.717) is 0 Å². The molecule has 0 aromatic heterocycles. The van der Waals surface area contributed by atoms with E-state index < -0.39 is 24.0 Å². The van der Waals surface area contributed by atoms with Gasteiger partial charge in [-0.3, -0.25) is 0 Å². The Balaban J connectivity index is 2.96. The number of benzene rings is 1. The summed E-state index contributed by atoms with van der Waals surface area (Å²) in [6.07, 6.45) is -12.1. The Bertz CT molecular complexity index is 371. The van der Waals surface area contributed by atoms with Gasteiger partial charge in [0, 0.05) is 0 Å². The van der Waals surface area contributed by atoms with Crippen LogP contribution in [0.4, 0.5) is 30.7 Å². The van der Waals surface area contributed by atoms with Crippen molar-refractivity contribution in [2.45, 2.75) is 18.2 Å². The first-order valence-corrected chi connectivity index (χ1v) is 4.14. The van der Waals surface area contributed by atoms with Crippen molar-refractivity contribution in [1.29, 1.82) is 0 Å². The van der Waals surface area contributed by atoms with Crippen LogP contribution in [0.25, 0.3) is 0 Å². The molecule has 0 fully saturated rings. The van der Waals surface area contributed by atoms with Crippen LogP contribution in [-0.4, -0.2) is 18.2 Å². The van der Waals surface area contributed by atoms with Gasteiger partial charge in [-0.25, -0.2) is 0 Å². The predicted octanol–water partition coefficient (Wildman–Crippen LogP) is 3.86. The molecule has 1 aromatic carbocycles. The van der Waals surface area contributed by atoms with Gasteiger partial charge in [0.25, 0.3) is 0 Å². The van der Waals surface area contributed by atoms with Crippen molar-refractivity contribution in [3.63, 3.8) is 0 Å². The maximum atomic E-state index is 12.7. The zero-order valence-corrected chi connectivity index (χ0v) is 7.94. The molecule has 0 spiro atoms. The van der Waals surface area contributed by atoms with Crippen molar-refractivity contribution in [1.82, 2.24) is 0 Å². The molecule has 1 rings (SSSR count). The average Bonchev–Trinajstić information content (AvgIpc) is 2.16. The highest BCUT2D eigenvalue weighted by Crippen LogP contribution is 2.47. The minimum Gasteiger partial charge on any atom is -0.428 e. The topological polar surface area (TPSA) is 9.23 Å². The van der Waals surface area contributed by atoms with Crippen LogP contribution >= 0.6 is 0 Å². The van der Waals surface area contributed by atoms with E-state index in [4.69, 9.17) is 0 Å². The summed E-state index contributed by atoms with van der Waals surface area (Å²) in [6.45, 7) is 0. The van der Waals surface area contributed by atoms with Crippen LogP contribution in [0.15, 0.2) is 30.3 Å². The Kier molecular flexibility index (Phi) is 3.26. The van der Waals surface area contributed by atoms with Crippen LogP contribution in [0, 0.1) is 0 Å². The van der Waals surface area contributed by atoms with E-state index in [1.807, 2.05) is 0 Å². The van der Waals surface area contributed by atoms with E-state index >= 15 is 0 Å². The molecule has 0 unspecified atom stereocenters. The lowest BCUT2D eigenvalue weighted by atomic mass is 10.3. The maximum Gasteiger partial charge on any atom is 0.474 e. The van der Waals surface area contributed by atoms with Gasteiger partial charge in [0.2, 0.25) is 0 Å². The first kappa shape index (κ1) is 13.6. The van der Waals surface area contributed by atoms with Crippen LogP contribution in [0.1, 0.15) is 0 Å². The summed E-state index contributed by atoms with van der Waals surface area (Å²) in [4.78, 5) is 0. The van der Waals surface area contributed by atoms with E-state index in [-0.39, 0.29) is 0 Å². The van der Waals surface area contributed by atoms with E-state index in [2.05, 4.69) is 4.74 Å². The summed E-state index contributed by atoms with van der Waals surface area (Å²) in [5, 5.41) is 0. The Morgan fingerprint density at radius 2 is 1.24 bits per heavy atom. The molecule has 8 heteroatoms. The van der Waals surface area contributed by atoms with Crippen LogP contribution in [-0.2, 0) is 0 Å². The maximum absolute atomic E-state index is 12.7. The monoisotopic (exact) mass is 262 g/mol. The molecule has 0 bridgehead atoms. The van der Waals surface area contributed by atoms with Crippen molar-refractivity contribution in [2.75, 3.05) is 0 Å². The summed E-state index contributed by atoms with van der Waals surface area (Å²) in [7, 11) is 0. The molecular weight excluding hydrogens is 257 g/mol. The molecule has 0 aliphatic rings. The van der Waals surface area contributed by atoms with E-state index in [1.165, 1.54) is 6.07 Å². The molecule has 17 heavy (non-hydrogen) atoms. The molecule has 0 heterocycles. The number of ether oxygens (including phenoxy) is 1. The normalized spacial score (nSPS) is 13.6. The van der Waals surface area contributed by atoms with Crippen molar-refractivity contribution in [2.24, 2.45) is 0 Å². The van der Waals surface area contributed by atoms with Crippen molar-refractivity contribution >= 4 is 0 Å². The van der Waals surface area contributed by atoms with Gasteiger partial charge >= 0.3 is 18.2 Å². The molecule has 0 radical (unpaired) electrons. The Morgan fingerprint density at radius 1 is 0.765 bits per heavy atom. The van der Waals surface area contributed by atoms with Crippen molar-refractivity contribution in [3.05, 3.63) is 30.3 Å². The lowest BCUT2D eigenvalue weighted by molar-refractivity contribution is -0.402. The van der Waals surface area contributed by atoms with E-state index in [0.717, 1.165) is 24.3 Å². The molecule has 1 nitrogen and oxygen atoms in total. The molecule has 0 N–H and O–H groups in total. The average molecular weight is 262 g/mol. The Labute approximate surface area is 90.8 Å². The van der Waals surface area contributed by atoms with Gasteiger partial charge in [-0.1, -0.05) is 18.2 Å². The summed E-state index contributed by atoms with van der Waals surface area (Å²) in [5.74, 6) is -7.06. The van der Waals surface area contributed by atoms with Gasteiger partial charge in [0.05, 0.1) is 0 Å². The summed E-state index contributed by atoms with van der Waals surface area (Å²) < 4.78 is 88.7. The molecule has 0 aliphatic carbocycles. The third kappa shape index (κ3) is 2.62. The van der Waals surface area contributed by atoms with Crippen LogP contribution in [0.2, 0.25) is 0 Å². The first-order valence-electron chi connectivity index (χ1n) is 4.14. The third-order valence-electron chi connectivity index (χ3n) is 1.71. The standard InChI is InChI=1S/C9H5F7O/c10-7(11,8(12,13)14)9(15,16)17-6-4-2-1-3-5-6/h1-5H. The number of rotatable bonds is 3. The molecule has 0 saturated carbocycles. The number of alkyl halides is 7. The van der Waals surface area contributed by atoms with Gasteiger partial charge in [-0.05, 0) is 12.1 Å². The highest BCUT2D eigenvalue weighted by Gasteiger charge is 2.75. The van der Waals surface area contributed by atoms with Gasteiger partial charge < -0.3 is 4.74 Å². The molecule has 1 aromatic rings. The summed E-state index contributed by atoms with van der Waals surface area (Å²) in [5.41, 5.74) is 0. The minimum atomic E-state index is -6.40. The zero-order valence-electron chi connectivity index (χ0n) is 7.94. The molecule has 96 valence electrons. The fourth-order valence-electron chi connectivity index (χ4n) is 0.866. The largest absolute Gasteiger partial charge is 0.474 e. The number of hydrogen-bond donors (Lipinski definition) is 0. The minimum absolute atomic E-state index is 0.790. The second-order valence-corrected chi connectivity index (χ2v) is 3.00. The Morgan fingerprint density at radius 3 is 1.65 bits per heavy atom. The van der Waals surface area contributed by atoms with Crippen molar-refractivity contribution < 1.29 is 35.5 Å². The zero-order chi connectivity index (χ0) is 13.3. The van der Waals surface area contributed by atoms with Crippen LogP contribution in [0.3, 0.4) is 0 Å². The molecule has 0 atom stereocenters. The second-order valence-electron chi connectivity index (χ2n) is 3.00. The number of hydrogen-bond acceptors (Lipinski definition) is 1. The van der Waals surface area contributed by atoms with Gasteiger partial charge in [-0.15, -0.1) is 0 Å². The highest BCUT2D eigenvalue weighted by molar-refractivity contribution is 5.21. The number of halogens is 7. The van der Waals surface area contributed by atoms with Gasteiger partial charge in [0.1, 0.15) is 5.75 Å². The summed E-state index contributed by atoms with van der Waals surface area (Å²) in [6, 6.07) is 5.32. The molecule has 0 aliphatic heterocycles. The fourth-order valence-corrected chi connectivity index (χ4v) is 0.866. The lowest BCUT2D eigenvalue weighted by Gasteiger charge is -2.27. The van der Waals surface area contributed by atoms with E-state index in [1.54, 1.807) is 0 Å². The van der Waals surface area contributed by atoms with Crippen molar-refractivity contribution in [3.8, 4) is 5.75 Å². The molecule has 0 saturated heterocycles. The number of para-hydroxylation sites is 1. The Hall–Kier alpha value is -1.47. The summed E-state index contributed by atoms with van der Waals surface area (Å²) >= 11 is 0. The molecular formula is C9H5F7O. The molecule has 0 amide bonds. The van der Waals surface area contributed by atoms with Crippen LogP contribution in [0.5, 0.6) is 5.75 Å². The fraction of sp³-hybridized carbons (Fsp3) is 0.333. The van der Waals surface area contributed by atoms with Gasteiger partial charge in [0.15, 0.2) is 0 Å².